The molecular formula is C29H31N5O5. The highest BCUT2D eigenvalue weighted by Crippen LogP contribution is 2.30. The third-order valence-electron chi connectivity index (χ3n) is 7.00. The second-order valence-electron chi connectivity index (χ2n) is 9.90. The molecule has 3 aliphatic heterocycles. The number of nitrogens with zero attached hydrogens (tertiary/aromatic N) is 2. The van der Waals surface area contributed by atoms with E-state index in [9.17, 15) is 9.59 Å². The Morgan fingerprint density at radius 3 is 2.82 bits per heavy atom. The van der Waals surface area contributed by atoms with Gasteiger partial charge in [0.1, 0.15) is 23.8 Å². The lowest BCUT2D eigenvalue weighted by Gasteiger charge is -2.19. The standard InChI is InChI=1S/C29H31N5O5/c35-27-18-37-25-7-8-26(32-28(25)33-27)34-17-24(39-29(34)36)10-12-30-15-19-3-1-4-20(13-19)21-5-2-6-22(14-21)38-23-9-11-31-16-23/h1-8,13-14,23-24,30-31H,9-12,15-18H2,(H,32,33,35)/t23?,24-/m0/s1. The number of rotatable bonds is 9. The van der Waals surface area contributed by atoms with Crippen LogP contribution in [0.5, 0.6) is 11.5 Å². The van der Waals surface area contributed by atoms with E-state index in [-0.39, 0.29) is 24.7 Å². The average Bonchev–Trinajstić information content (AvgIpc) is 3.60. The van der Waals surface area contributed by atoms with Gasteiger partial charge in [-0.1, -0.05) is 30.3 Å². The Balaban J connectivity index is 1.000. The molecule has 3 N–H and O–H groups in total. The summed E-state index contributed by atoms with van der Waals surface area (Å²) in [5.41, 5.74) is 3.44. The molecule has 202 valence electrons. The SMILES string of the molecule is O=C1COc2ccc(N3C[C@H](CCNCc4cccc(-c5cccc(OC6CCNC6)c5)c4)OC3=O)nc2N1. The van der Waals surface area contributed by atoms with Gasteiger partial charge in [-0.15, -0.1) is 0 Å². The smallest absolute Gasteiger partial charge is 0.415 e. The fourth-order valence-electron chi connectivity index (χ4n) is 4.99. The number of benzene rings is 2. The molecule has 1 aromatic heterocycles. The fourth-order valence-corrected chi connectivity index (χ4v) is 4.99. The van der Waals surface area contributed by atoms with Gasteiger partial charge in [0, 0.05) is 13.1 Å². The van der Waals surface area contributed by atoms with E-state index >= 15 is 0 Å². The molecule has 0 radical (unpaired) electrons. The van der Waals surface area contributed by atoms with Crippen molar-refractivity contribution in [1.82, 2.24) is 15.6 Å². The van der Waals surface area contributed by atoms with E-state index in [1.54, 1.807) is 12.1 Å². The second-order valence-corrected chi connectivity index (χ2v) is 9.90. The molecule has 2 amide bonds. The van der Waals surface area contributed by atoms with Crippen molar-refractivity contribution in [3.8, 4) is 22.6 Å². The van der Waals surface area contributed by atoms with Crippen molar-refractivity contribution in [3.05, 3.63) is 66.2 Å². The van der Waals surface area contributed by atoms with E-state index in [1.807, 2.05) is 12.1 Å². The zero-order valence-electron chi connectivity index (χ0n) is 21.5. The first-order valence-electron chi connectivity index (χ1n) is 13.3. The number of pyridine rings is 1. The molecule has 2 aromatic carbocycles. The molecular weight excluding hydrogens is 498 g/mol. The van der Waals surface area contributed by atoms with Crippen LogP contribution >= 0.6 is 0 Å². The summed E-state index contributed by atoms with van der Waals surface area (Å²) >= 11 is 0. The lowest BCUT2D eigenvalue weighted by atomic mass is 10.0. The Labute approximate surface area is 226 Å². The summed E-state index contributed by atoms with van der Waals surface area (Å²) in [6, 6.07) is 20.1. The summed E-state index contributed by atoms with van der Waals surface area (Å²) in [7, 11) is 0. The largest absolute Gasteiger partial charge is 0.489 e. The number of carbonyl (C=O) groups is 2. The van der Waals surface area contributed by atoms with Crippen LogP contribution in [0.4, 0.5) is 16.4 Å². The minimum absolute atomic E-state index is 0.0419. The van der Waals surface area contributed by atoms with Crippen LogP contribution in [-0.4, -0.2) is 62.0 Å². The van der Waals surface area contributed by atoms with E-state index in [1.165, 1.54) is 10.5 Å². The van der Waals surface area contributed by atoms with Crippen LogP contribution in [-0.2, 0) is 16.1 Å². The van der Waals surface area contributed by atoms with E-state index in [0.29, 0.717) is 43.4 Å². The van der Waals surface area contributed by atoms with Crippen molar-refractivity contribution in [1.29, 1.82) is 0 Å². The third-order valence-corrected chi connectivity index (χ3v) is 7.00. The maximum Gasteiger partial charge on any atom is 0.415 e. The predicted octanol–water partition coefficient (Wildman–Crippen LogP) is 3.33. The number of hydrogen-bond donors (Lipinski definition) is 3. The van der Waals surface area contributed by atoms with Gasteiger partial charge in [-0.05, 0) is 73.0 Å². The lowest BCUT2D eigenvalue weighted by Crippen LogP contribution is -2.29. The monoisotopic (exact) mass is 529 g/mol. The van der Waals surface area contributed by atoms with Crippen molar-refractivity contribution in [3.63, 3.8) is 0 Å². The van der Waals surface area contributed by atoms with E-state index in [4.69, 9.17) is 14.2 Å². The Morgan fingerprint density at radius 2 is 1.95 bits per heavy atom. The molecule has 0 aliphatic carbocycles. The molecule has 0 spiro atoms. The summed E-state index contributed by atoms with van der Waals surface area (Å²) < 4.78 is 17.0. The molecule has 6 rings (SSSR count). The average molecular weight is 530 g/mol. The Hall–Kier alpha value is -4.15. The normalized spacial score (nSPS) is 20.3. The molecule has 0 bridgehead atoms. The highest BCUT2D eigenvalue weighted by atomic mass is 16.6. The molecule has 2 atom stereocenters. The first kappa shape index (κ1) is 25.1. The third kappa shape index (κ3) is 5.97. The van der Waals surface area contributed by atoms with Gasteiger partial charge in [0.25, 0.3) is 5.91 Å². The van der Waals surface area contributed by atoms with E-state index < -0.39 is 6.09 Å². The summed E-state index contributed by atoms with van der Waals surface area (Å²) in [6.07, 6.45) is 1.23. The van der Waals surface area contributed by atoms with Crippen LogP contribution in [0.2, 0.25) is 0 Å². The number of aromatic nitrogens is 1. The molecule has 39 heavy (non-hydrogen) atoms. The van der Waals surface area contributed by atoms with Gasteiger partial charge in [-0.3, -0.25) is 9.69 Å². The van der Waals surface area contributed by atoms with Gasteiger partial charge < -0.3 is 30.2 Å². The Kier molecular flexibility index (Phi) is 7.29. The first-order valence-corrected chi connectivity index (χ1v) is 13.3. The number of anilines is 2. The van der Waals surface area contributed by atoms with Crippen LogP contribution in [0, 0.1) is 0 Å². The number of carbonyl (C=O) groups excluding carboxylic acids is 2. The maximum atomic E-state index is 12.5. The first-order chi connectivity index (χ1) is 19.1. The lowest BCUT2D eigenvalue weighted by molar-refractivity contribution is -0.118. The van der Waals surface area contributed by atoms with Gasteiger partial charge in [0.15, 0.2) is 18.2 Å². The minimum atomic E-state index is -0.446. The number of amides is 2. The van der Waals surface area contributed by atoms with Gasteiger partial charge in [-0.2, -0.15) is 0 Å². The van der Waals surface area contributed by atoms with Gasteiger partial charge in [-0.25, -0.2) is 9.78 Å². The second kappa shape index (κ2) is 11.3. The quantitative estimate of drug-likeness (QED) is 0.362. The van der Waals surface area contributed by atoms with Crippen molar-refractivity contribution < 1.29 is 23.8 Å². The molecule has 2 saturated heterocycles. The summed E-state index contributed by atoms with van der Waals surface area (Å²) in [4.78, 5) is 29.9. The van der Waals surface area contributed by atoms with Gasteiger partial charge >= 0.3 is 6.09 Å². The molecule has 1 unspecified atom stereocenters. The molecule has 3 aromatic rings. The van der Waals surface area contributed by atoms with Gasteiger partial charge in [0.05, 0.1) is 6.54 Å². The molecule has 0 saturated carbocycles. The predicted molar refractivity (Wildman–Crippen MR) is 146 cm³/mol. The number of cyclic esters (lactones) is 1. The fraction of sp³-hybridized carbons (Fsp3) is 0.345. The van der Waals surface area contributed by atoms with E-state index in [0.717, 1.165) is 36.4 Å². The molecule has 4 heterocycles. The Bertz CT molecular complexity index is 1360. The van der Waals surface area contributed by atoms with Crippen molar-refractivity contribution in [2.24, 2.45) is 0 Å². The number of ether oxygens (including phenoxy) is 3. The van der Waals surface area contributed by atoms with Crippen LogP contribution in [0.3, 0.4) is 0 Å². The van der Waals surface area contributed by atoms with Crippen molar-refractivity contribution in [2.45, 2.75) is 31.6 Å². The molecule has 3 aliphatic rings. The zero-order valence-corrected chi connectivity index (χ0v) is 21.5. The molecule has 2 fully saturated rings. The molecule has 10 heteroatoms. The summed E-state index contributed by atoms with van der Waals surface area (Å²) in [6.45, 7) is 3.64. The number of nitrogens with one attached hydrogen (secondary N) is 3. The van der Waals surface area contributed by atoms with Crippen LogP contribution in [0.15, 0.2) is 60.7 Å². The van der Waals surface area contributed by atoms with Crippen molar-refractivity contribution >= 4 is 23.6 Å². The summed E-state index contributed by atoms with van der Waals surface area (Å²) in [5, 5.41) is 9.46. The maximum absolute atomic E-state index is 12.5. The van der Waals surface area contributed by atoms with Crippen LogP contribution in [0.25, 0.3) is 11.1 Å². The highest BCUT2D eigenvalue weighted by molar-refractivity contribution is 5.95. The number of hydrogen-bond acceptors (Lipinski definition) is 8. The highest BCUT2D eigenvalue weighted by Gasteiger charge is 2.33. The minimum Gasteiger partial charge on any atom is -0.489 e. The van der Waals surface area contributed by atoms with Crippen molar-refractivity contribution in [2.75, 3.05) is 43.0 Å². The zero-order chi connectivity index (χ0) is 26.6. The van der Waals surface area contributed by atoms with Crippen LogP contribution < -0.4 is 30.3 Å². The van der Waals surface area contributed by atoms with Crippen LogP contribution in [0.1, 0.15) is 18.4 Å². The van der Waals surface area contributed by atoms with Gasteiger partial charge in [0.2, 0.25) is 0 Å². The topological polar surface area (TPSA) is 114 Å². The number of fused-ring (bicyclic) bond motifs is 1. The summed E-state index contributed by atoms with van der Waals surface area (Å²) in [5.74, 6) is 1.85. The van der Waals surface area contributed by atoms with E-state index in [2.05, 4.69) is 57.3 Å². The Morgan fingerprint density at radius 1 is 1.08 bits per heavy atom. The molecule has 10 nitrogen and oxygen atoms in total.